The van der Waals surface area contributed by atoms with Gasteiger partial charge in [-0.2, -0.15) is 0 Å². The Balaban J connectivity index is 1.40. The molecule has 0 atom stereocenters. The number of amides is 2. The van der Waals surface area contributed by atoms with Gasteiger partial charge in [0.2, 0.25) is 0 Å². The summed E-state index contributed by atoms with van der Waals surface area (Å²) in [5, 5.41) is 3.57. The molecule has 0 aliphatic carbocycles. The van der Waals surface area contributed by atoms with Crippen LogP contribution in [0.15, 0.2) is 90.5 Å². The molecule has 2 aromatic heterocycles. The molecule has 2 amide bonds. The lowest BCUT2D eigenvalue weighted by molar-refractivity contribution is -0.132. The quantitative estimate of drug-likeness (QED) is 0.138. The van der Waals surface area contributed by atoms with Gasteiger partial charge in [0.1, 0.15) is 10.6 Å². The minimum Gasteiger partial charge on any atom is -0.302 e. The number of anilines is 3. The highest BCUT2D eigenvalue weighted by Gasteiger charge is 2.35. The topological polar surface area (TPSA) is 43.9 Å². The van der Waals surface area contributed by atoms with Crippen LogP contribution >= 0.6 is 34.9 Å². The van der Waals surface area contributed by atoms with Crippen LogP contribution in [-0.4, -0.2) is 40.8 Å². The third kappa shape index (κ3) is 4.13. The normalized spacial score (nSPS) is 14.2. The van der Waals surface area contributed by atoms with Crippen LogP contribution in [0.4, 0.5) is 16.4 Å². The maximum Gasteiger partial charge on any atom is 0.265 e. The summed E-state index contributed by atoms with van der Waals surface area (Å²) in [5.41, 5.74) is 2.33. The molecule has 0 bridgehead atoms. The number of carbonyl (C=O) groups excluding carboxylic acids is 2. The first kappa shape index (κ1) is 23.5. The molecule has 0 N–H and O–H groups in total. The van der Waals surface area contributed by atoms with E-state index in [1.54, 1.807) is 42.8 Å². The van der Waals surface area contributed by atoms with Gasteiger partial charge in [-0.3, -0.25) is 19.4 Å². The number of benzene rings is 3. The number of likely N-dealkylation sites (N-methyl/N-ethyl adjacent to an activating group) is 2. The van der Waals surface area contributed by atoms with Gasteiger partial charge in [0, 0.05) is 39.7 Å². The van der Waals surface area contributed by atoms with Crippen LogP contribution in [0.3, 0.4) is 0 Å². The van der Waals surface area contributed by atoms with Crippen molar-refractivity contribution in [3.8, 4) is 0 Å². The van der Waals surface area contributed by atoms with Crippen molar-refractivity contribution in [2.75, 3.05) is 19.0 Å². The smallest absolute Gasteiger partial charge is 0.265 e. The summed E-state index contributed by atoms with van der Waals surface area (Å²) in [6.45, 7) is 0. The lowest BCUT2D eigenvalue weighted by Crippen LogP contribution is -2.52. The Hall–Kier alpha value is -3.85. The molecule has 1 aliphatic heterocycles. The molecule has 1 aliphatic rings. The third-order valence-electron chi connectivity index (χ3n) is 6.34. The summed E-state index contributed by atoms with van der Waals surface area (Å²) in [7, 11) is 3.18. The monoisotopic (exact) mass is 539 g/mol. The number of rotatable bonds is 4. The van der Waals surface area contributed by atoms with E-state index in [9.17, 15) is 9.59 Å². The number of hydrogen-bond acceptors (Lipinski definition) is 6. The van der Waals surface area contributed by atoms with Gasteiger partial charge in [-0.15, -0.1) is 22.7 Å². The van der Waals surface area contributed by atoms with Crippen molar-refractivity contribution in [1.82, 2.24) is 9.80 Å². The van der Waals surface area contributed by atoms with Crippen LogP contribution in [0.25, 0.3) is 26.2 Å². The molecule has 37 heavy (non-hydrogen) atoms. The van der Waals surface area contributed by atoms with Crippen LogP contribution < -0.4 is 4.90 Å². The molecule has 1 saturated heterocycles. The van der Waals surface area contributed by atoms with Gasteiger partial charge < -0.3 is 4.90 Å². The van der Waals surface area contributed by atoms with Gasteiger partial charge >= 0.3 is 0 Å². The van der Waals surface area contributed by atoms with Gasteiger partial charge in [-0.1, -0.05) is 36.4 Å². The Morgan fingerprint density at radius 2 is 1.24 bits per heavy atom. The fourth-order valence-electron chi connectivity index (χ4n) is 4.43. The van der Waals surface area contributed by atoms with E-state index in [4.69, 9.17) is 12.2 Å². The van der Waals surface area contributed by atoms with E-state index < -0.39 is 0 Å². The molecule has 8 heteroatoms. The standard InChI is InChI=1S/C29H21N3O2S3/c1-30-27(33)23(28(34)31(2)29(30)35)17-22-13-18-14-25-19(15-24(18)36-22)16-26(37-25)32(20-9-5-3-6-10-20)21-11-7-4-8-12-21/h3-17H,1-2H3. The molecule has 3 aromatic carbocycles. The van der Waals surface area contributed by atoms with Crippen molar-refractivity contribution in [2.45, 2.75) is 0 Å². The highest BCUT2D eigenvalue weighted by Crippen LogP contribution is 2.43. The first-order valence-corrected chi connectivity index (χ1v) is 13.6. The van der Waals surface area contributed by atoms with Crippen LogP contribution in [0.1, 0.15) is 4.88 Å². The molecular weight excluding hydrogens is 519 g/mol. The minimum atomic E-state index is -0.377. The molecule has 0 unspecified atom stereocenters. The summed E-state index contributed by atoms with van der Waals surface area (Å²) in [5.74, 6) is -0.754. The minimum absolute atomic E-state index is 0.121. The zero-order valence-electron chi connectivity index (χ0n) is 20.0. The van der Waals surface area contributed by atoms with Crippen LogP contribution in [-0.2, 0) is 9.59 Å². The Labute approximate surface area is 227 Å². The number of para-hydroxylation sites is 2. The zero-order chi connectivity index (χ0) is 25.7. The second-order valence-corrected chi connectivity index (χ2v) is 11.3. The van der Waals surface area contributed by atoms with Crippen molar-refractivity contribution in [1.29, 1.82) is 0 Å². The Bertz CT molecular complexity index is 1600. The highest BCUT2D eigenvalue weighted by molar-refractivity contribution is 7.80. The van der Waals surface area contributed by atoms with E-state index >= 15 is 0 Å². The van der Waals surface area contributed by atoms with Gasteiger partial charge in [0.15, 0.2) is 5.11 Å². The largest absolute Gasteiger partial charge is 0.302 e. The maximum atomic E-state index is 12.7. The second kappa shape index (κ2) is 9.23. The van der Waals surface area contributed by atoms with E-state index in [0.29, 0.717) is 0 Å². The summed E-state index contributed by atoms with van der Waals surface area (Å²) in [6.07, 6.45) is 1.68. The second-order valence-electron chi connectivity index (χ2n) is 8.74. The maximum absolute atomic E-state index is 12.7. The number of carbonyl (C=O) groups is 2. The summed E-state index contributed by atoms with van der Waals surface area (Å²) in [4.78, 5) is 31.2. The number of hydrogen-bond donors (Lipinski definition) is 0. The Kier molecular flexibility index (Phi) is 5.87. The first-order valence-electron chi connectivity index (χ1n) is 11.6. The summed E-state index contributed by atoms with van der Waals surface area (Å²) < 4.78 is 2.27. The average molecular weight is 540 g/mol. The van der Waals surface area contributed by atoms with E-state index in [0.717, 1.165) is 36.7 Å². The van der Waals surface area contributed by atoms with E-state index in [-0.39, 0.29) is 22.5 Å². The number of thiophene rings is 2. The zero-order valence-corrected chi connectivity index (χ0v) is 22.5. The van der Waals surface area contributed by atoms with Crippen molar-refractivity contribution < 1.29 is 9.59 Å². The van der Waals surface area contributed by atoms with Crippen LogP contribution in [0, 0.1) is 0 Å². The van der Waals surface area contributed by atoms with E-state index in [2.05, 4.69) is 71.6 Å². The number of fused-ring (bicyclic) bond motifs is 2. The number of thiocarbonyl (C=S) groups is 1. The van der Waals surface area contributed by atoms with Gasteiger partial charge in [0.25, 0.3) is 11.8 Å². The predicted molar refractivity (Wildman–Crippen MR) is 158 cm³/mol. The molecular formula is C29H21N3O2S3. The lowest BCUT2D eigenvalue weighted by atomic mass is 10.1. The fraction of sp³-hybridized carbons (Fsp3) is 0.0690. The predicted octanol–water partition coefficient (Wildman–Crippen LogP) is 7.18. The molecule has 182 valence electrons. The average Bonchev–Trinajstić information content (AvgIpc) is 3.51. The van der Waals surface area contributed by atoms with Gasteiger partial charge in [-0.25, -0.2) is 0 Å². The number of nitrogens with zero attached hydrogens (tertiary/aromatic N) is 3. The van der Waals surface area contributed by atoms with Crippen molar-refractivity contribution in [2.24, 2.45) is 0 Å². The van der Waals surface area contributed by atoms with E-state index in [1.165, 1.54) is 14.5 Å². The molecule has 5 aromatic rings. The molecule has 1 fully saturated rings. The van der Waals surface area contributed by atoms with Crippen LogP contribution in [0.2, 0.25) is 0 Å². The SMILES string of the molecule is CN1C(=O)C(=Cc2cc3cc4sc(N(c5ccccc5)c5ccccc5)cc4cc3s2)C(=O)N(C)C1=S. The van der Waals surface area contributed by atoms with Gasteiger partial charge in [-0.05, 0) is 77.6 Å². The summed E-state index contributed by atoms with van der Waals surface area (Å²) in [6, 6.07) is 29.3. The van der Waals surface area contributed by atoms with E-state index in [1.807, 2.05) is 18.2 Å². The Morgan fingerprint density at radius 3 is 1.81 bits per heavy atom. The molecule has 0 spiro atoms. The highest BCUT2D eigenvalue weighted by atomic mass is 32.1. The van der Waals surface area contributed by atoms with Crippen molar-refractivity contribution in [3.63, 3.8) is 0 Å². The van der Waals surface area contributed by atoms with Crippen molar-refractivity contribution >= 4 is 94.4 Å². The molecule has 0 radical (unpaired) electrons. The first-order chi connectivity index (χ1) is 17.9. The Morgan fingerprint density at radius 1 is 0.730 bits per heavy atom. The molecule has 6 rings (SSSR count). The fourth-order valence-corrected chi connectivity index (χ4v) is 6.77. The molecule has 3 heterocycles. The van der Waals surface area contributed by atoms with Gasteiger partial charge in [0.05, 0.1) is 0 Å². The van der Waals surface area contributed by atoms with Crippen molar-refractivity contribution in [3.05, 3.63) is 95.4 Å². The van der Waals surface area contributed by atoms with Crippen LogP contribution in [0.5, 0.6) is 0 Å². The lowest BCUT2D eigenvalue weighted by Gasteiger charge is -2.31. The molecule has 5 nitrogen and oxygen atoms in total. The third-order valence-corrected chi connectivity index (χ3v) is 9.02. The summed E-state index contributed by atoms with van der Waals surface area (Å²) >= 11 is 8.49. The molecule has 0 saturated carbocycles.